The molecule has 0 fully saturated rings. The van der Waals surface area contributed by atoms with Crippen LogP contribution in [0.15, 0.2) is 18.3 Å². The van der Waals surface area contributed by atoms with Gasteiger partial charge in [-0.25, -0.2) is 4.39 Å². The lowest BCUT2D eigenvalue weighted by Gasteiger charge is -2.09. The van der Waals surface area contributed by atoms with Crippen LogP contribution in [0, 0.1) is 12.7 Å². The van der Waals surface area contributed by atoms with Gasteiger partial charge in [0.15, 0.2) is 0 Å². The molecule has 0 unspecified atom stereocenters. The number of halogens is 1. The summed E-state index contributed by atoms with van der Waals surface area (Å²) in [6.07, 6.45) is 1.93. The van der Waals surface area contributed by atoms with Gasteiger partial charge in [0.05, 0.1) is 11.7 Å². The molecule has 0 bridgehead atoms. The number of aromatic nitrogens is 1. The smallest absolute Gasteiger partial charge is 0.145 e. The first kappa shape index (κ1) is 9.90. The molecule has 0 saturated carbocycles. The van der Waals surface area contributed by atoms with Gasteiger partial charge in [-0.05, 0) is 36.6 Å². The van der Waals surface area contributed by atoms with Crippen molar-refractivity contribution in [3.63, 3.8) is 0 Å². The predicted molar refractivity (Wildman–Crippen MR) is 60.2 cm³/mol. The predicted octanol–water partition coefficient (Wildman–Crippen LogP) is 2.83. The Labute approximate surface area is 87.9 Å². The highest BCUT2D eigenvalue weighted by atomic mass is 19.1. The summed E-state index contributed by atoms with van der Waals surface area (Å²) in [6, 6.07) is 3.63. The third-order valence-corrected chi connectivity index (χ3v) is 2.60. The van der Waals surface area contributed by atoms with Crippen LogP contribution in [0.1, 0.15) is 18.1 Å². The molecule has 1 aromatic heterocycles. The summed E-state index contributed by atoms with van der Waals surface area (Å²) >= 11 is 0. The number of hydrogen-bond acceptors (Lipinski definition) is 2. The number of rotatable bonds is 1. The monoisotopic (exact) mass is 204 g/mol. The molecule has 2 N–H and O–H groups in total. The van der Waals surface area contributed by atoms with E-state index in [-0.39, 0.29) is 5.82 Å². The summed E-state index contributed by atoms with van der Waals surface area (Å²) in [5, 5.41) is 0.895. The number of nitrogens with two attached hydrogens (primary N) is 1. The molecular weight excluding hydrogens is 191 g/mol. The van der Waals surface area contributed by atoms with E-state index in [0.29, 0.717) is 12.1 Å². The Bertz CT molecular complexity index is 521. The van der Waals surface area contributed by atoms with Crippen molar-refractivity contribution in [3.05, 3.63) is 35.3 Å². The summed E-state index contributed by atoms with van der Waals surface area (Å²) in [6.45, 7) is 3.87. The lowest BCUT2D eigenvalue weighted by atomic mass is 10.0. The fourth-order valence-electron chi connectivity index (χ4n) is 1.96. The van der Waals surface area contributed by atoms with Crippen LogP contribution in [-0.2, 0) is 6.42 Å². The van der Waals surface area contributed by atoms with E-state index in [9.17, 15) is 4.39 Å². The Balaban J connectivity index is 2.91. The van der Waals surface area contributed by atoms with Crippen molar-refractivity contribution in [1.29, 1.82) is 0 Å². The van der Waals surface area contributed by atoms with Gasteiger partial charge in [0.1, 0.15) is 5.82 Å². The number of benzene rings is 1. The number of nitrogen functional groups attached to an aromatic ring is 1. The van der Waals surface area contributed by atoms with Gasteiger partial charge >= 0.3 is 0 Å². The Kier molecular flexibility index (Phi) is 2.31. The van der Waals surface area contributed by atoms with E-state index in [2.05, 4.69) is 4.98 Å². The normalized spacial score (nSPS) is 10.9. The Morgan fingerprint density at radius 1 is 1.40 bits per heavy atom. The van der Waals surface area contributed by atoms with Crippen LogP contribution in [0.2, 0.25) is 0 Å². The number of nitrogens with zero attached hydrogens (tertiary/aromatic N) is 1. The van der Waals surface area contributed by atoms with Crippen LogP contribution >= 0.6 is 0 Å². The van der Waals surface area contributed by atoms with Crippen LogP contribution in [0.25, 0.3) is 10.9 Å². The molecule has 2 rings (SSSR count). The van der Waals surface area contributed by atoms with Gasteiger partial charge in [0.2, 0.25) is 0 Å². The molecule has 0 aliphatic heterocycles. The zero-order valence-electron chi connectivity index (χ0n) is 8.84. The molecule has 1 aromatic carbocycles. The molecule has 2 aromatic rings. The van der Waals surface area contributed by atoms with Crippen molar-refractivity contribution in [2.45, 2.75) is 20.3 Å². The molecule has 3 heteroatoms. The summed E-state index contributed by atoms with van der Waals surface area (Å²) < 4.78 is 13.5. The van der Waals surface area contributed by atoms with Crippen LogP contribution in [-0.4, -0.2) is 4.98 Å². The molecule has 0 radical (unpaired) electrons. The molecular formula is C12H13FN2. The minimum Gasteiger partial charge on any atom is -0.399 e. The van der Waals surface area contributed by atoms with Crippen molar-refractivity contribution in [3.8, 4) is 0 Å². The largest absolute Gasteiger partial charge is 0.399 e. The van der Waals surface area contributed by atoms with Gasteiger partial charge < -0.3 is 5.73 Å². The number of anilines is 1. The molecule has 0 atom stereocenters. The third-order valence-electron chi connectivity index (χ3n) is 2.60. The van der Waals surface area contributed by atoms with Gasteiger partial charge in [0, 0.05) is 11.1 Å². The van der Waals surface area contributed by atoms with E-state index in [4.69, 9.17) is 5.73 Å². The quantitative estimate of drug-likeness (QED) is 0.725. The van der Waals surface area contributed by atoms with Crippen molar-refractivity contribution in [2.24, 2.45) is 0 Å². The van der Waals surface area contributed by atoms with Crippen molar-refractivity contribution in [1.82, 2.24) is 4.98 Å². The number of hydrogen-bond donors (Lipinski definition) is 1. The van der Waals surface area contributed by atoms with E-state index in [0.717, 1.165) is 22.0 Å². The highest BCUT2D eigenvalue weighted by Crippen LogP contribution is 2.25. The zero-order chi connectivity index (χ0) is 11.0. The van der Waals surface area contributed by atoms with E-state index in [1.54, 1.807) is 6.07 Å². The first-order valence-electron chi connectivity index (χ1n) is 4.96. The second-order valence-corrected chi connectivity index (χ2v) is 3.67. The van der Waals surface area contributed by atoms with E-state index in [1.165, 1.54) is 6.20 Å². The fourth-order valence-corrected chi connectivity index (χ4v) is 1.96. The Morgan fingerprint density at radius 2 is 2.13 bits per heavy atom. The summed E-state index contributed by atoms with van der Waals surface area (Å²) in [5.74, 6) is -0.238. The van der Waals surface area contributed by atoms with Crippen molar-refractivity contribution >= 4 is 16.6 Å². The summed E-state index contributed by atoms with van der Waals surface area (Å²) in [5.41, 5.74) is 8.86. The van der Waals surface area contributed by atoms with Crippen LogP contribution < -0.4 is 5.73 Å². The number of fused-ring (bicyclic) bond motifs is 1. The fraction of sp³-hybridized carbons (Fsp3) is 0.250. The maximum absolute atomic E-state index is 13.5. The number of pyridine rings is 1. The highest BCUT2D eigenvalue weighted by molar-refractivity contribution is 5.88. The topological polar surface area (TPSA) is 38.9 Å². The Morgan fingerprint density at radius 3 is 2.80 bits per heavy atom. The lowest BCUT2D eigenvalue weighted by molar-refractivity contribution is 0.609. The van der Waals surface area contributed by atoms with Crippen LogP contribution in [0.5, 0.6) is 0 Å². The second-order valence-electron chi connectivity index (χ2n) is 3.67. The van der Waals surface area contributed by atoms with Gasteiger partial charge in [-0.2, -0.15) is 0 Å². The zero-order valence-corrected chi connectivity index (χ0v) is 8.84. The summed E-state index contributed by atoms with van der Waals surface area (Å²) in [7, 11) is 0. The van der Waals surface area contributed by atoms with Crippen molar-refractivity contribution in [2.75, 3.05) is 5.73 Å². The first-order valence-corrected chi connectivity index (χ1v) is 4.96. The maximum Gasteiger partial charge on any atom is 0.145 e. The molecule has 0 aliphatic carbocycles. The van der Waals surface area contributed by atoms with Gasteiger partial charge in [-0.15, -0.1) is 0 Å². The SMILES string of the molecule is CCc1c(F)cnc2cc(N)cc(C)c12. The minimum absolute atomic E-state index is 0.238. The van der Waals surface area contributed by atoms with Crippen LogP contribution in [0.4, 0.5) is 10.1 Å². The number of aryl methyl sites for hydroxylation is 2. The molecule has 1 heterocycles. The van der Waals surface area contributed by atoms with Gasteiger partial charge in [-0.1, -0.05) is 6.92 Å². The molecule has 0 amide bonds. The van der Waals surface area contributed by atoms with Crippen LogP contribution in [0.3, 0.4) is 0 Å². The average Bonchev–Trinajstić information content (AvgIpc) is 2.18. The van der Waals surface area contributed by atoms with Gasteiger partial charge in [-0.3, -0.25) is 4.98 Å². The molecule has 0 spiro atoms. The average molecular weight is 204 g/mol. The third kappa shape index (κ3) is 1.54. The first-order chi connectivity index (χ1) is 7.13. The van der Waals surface area contributed by atoms with E-state index < -0.39 is 0 Å². The van der Waals surface area contributed by atoms with Crippen molar-refractivity contribution < 1.29 is 4.39 Å². The maximum atomic E-state index is 13.5. The highest BCUT2D eigenvalue weighted by Gasteiger charge is 2.09. The molecule has 78 valence electrons. The second kappa shape index (κ2) is 3.50. The molecule has 0 aliphatic rings. The minimum atomic E-state index is -0.238. The molecule has 2 nitrogen and oxygen atoms in total. The Hall–Kier alpha value is -1.64. The lowest BCUT2D eigenvalue weighted by Crippen LogP contribution is -1.96. The standard InChI is InChI=1S/C12H13FN2/c1-3-9-10(13)6-15-11-5-8(14)4-7(2)12(9)11/h4-6H,3,14H2,1-2H3. The summed E-state index contributed by atoms with van der Waals surface area (Å²) in [4.78, 5) is 4.06. The van der Waals surface area contributed by atoms with E-state index >= 15 is 0 Å². The molecule has 15 heavy (non-hydrogen) atoms. The molecule has 0 saturated heterocycles. The van der Waals surface area contributed by atoms with E-state index in [1.807, 2.05) is 19.9 Å². The van der Waals surface area contributed by atoms with Gasteiger partial charge in [0.25, 0.3) is 0 Å².